The minimum atomic E-state index is -4.15. The zero-order chi connectivity index (χ0) is 10.8. The molecule has 0 amide bonds. The van der Waals surface area contributed by atoms with Crippen molar-refractivity contribution < 1.29 is 23.1 Å². The number of aliphatic carboxylic acids is 1. The van der Waals surface area contributed by atoms with Crippen LogP contribution in [0.25, 0.3) is 0 Å². The van der Waals surface area contributed by atoms with Gasteiger partial charge < -0.3 is 9.90 Å². The van der Waals surface area contributed by atoms with Gasteiger partial charge in [-0.2, -0.15) is 13.2 Å². The fourth-order valence-electron chi connectivity index (χ4n) is 1.63. The average molecular weight is 207 g/mol. The molecule has 1 rings (SSSR count). The summed E-state index contributed by atoms with van der Waals surface area (Å²) in [6.45, 7) is 0. The Hall–Kier alpha value is -1.00. The molecular weight excluding hydrogens is 197 g/mol. The van der Waals surface area contributed by atoms with E-state index in [1.807, 2.05) is 0 Å². The molecule has 0 atom stereocenters. The van der Waals surface area contributed by atoms with Gasteiger partial charge in [-0.25, -0.2) is 0 Å². The number of hydrogen-bond acceptors (Lipinski definition) is 2. The third kappa shape index (κ3) is 3.05. The van der Waals surface area contributed by atoms with Gasteiger partial charge in [0, 0.05) is 0 Å². The lowest BCUT2D eigenvalue weighted by Crippen LogP contribution is -2.26. The predicted octanol–water partition coefficient (Wildman–Crippen LogP) is 1.42. The van der Waals surface area contributed by atoms with Crippen LogP contribution in [-0.4, -0.2) is 12.1 Å². The maximum atomic E-state index is 12.2. The lowest BCUT2D eigenvalue weighted by molar-refractivity contribution is -0.297. The second kappa shape index (κ2) is 4.02. The summed E-state index contributed by atoms with van der Waals surface area (Å²) in [6, 6.07) is 0. The Balaban J connectivity index is 2.51. The summed E-state index contributed by atoms with van der Waals surface area (Å²) < 4.78 is 36.5. The molecule has 5 heteroatoms. The van der Waals surface area contributed by atoms with Crippen LogP contribution in [0.5, 0.6) is 0 Å². The quantitative estimate of drug-likeness (QED) is 0.610. The molecule has 0 saturated heterocycles. The fourth-order valence-corrected chi connectivity index (χ4v) is 1.63. The van der Waals surface area contributed by atoms with Crippen molar-refractivity contribution >= 4 is 5.97 Å². The Kier molecular flexibility index (Phi) is 3.18. The van der Waals surface area contributed by atoms with Crippen molar-refractivity contribution in [2.24, 2.45) is 5.92 Å². The van der Waals surface area contributed by atoms with Crippen molar-refractivity contribution in [2.45, 2.75) is 31.9 Å². The standard InChI is InChI=1S/C9H11F3O2/c10-9(11,12)7-3-1-6(2-4-7)5-8(13)14/h5,7H,1-4H2,(H,13,14)/p-1. The van der Waals surface area contributed by atoms with Crippen molar-refractivity contribution in [3.05, 3.63) is 11.6 Å². The number of halogens is 3. The van der Waals surface area contributed by atoms with E-state index in [0.29, 0.717) is 5.57 Å². The van der Waals surface area contributed by atoms with Gasteiger partial charge in [0.1, 0.15) is 0 Å². The molecule has 1 saturated carbocycles. The number of alkyl halides is 3. The largest absolute Gasteiger partial charge is 0.545 e. The number of allylic oxidation sites excluding steroid dienone is 1. The van der Waals surface area contributed by atoms with E-state index in [9.17, 15) is 23.1 Å². The Morgan fingerprint density at radius 2 is 1.86 bits per heavy atom. The van der Waals surface area contributed by atoms with Crippen LogP contribution >= 0.6 is 0 Å². The molecule has 1 fully saturated rings. The number of rotatable bonds is 1. The first-order valence-corrected chi connectivity index (χ1v) is 4.36. The fraction of sp³-hybridized carbons (Fsp3) is 0.667. The van der Waals surface area contributed by atoms with Crippen LogP contribution < -0.4 is 5.11 Å². The van der Waals surface area contributed by atoms with E-state index in [-0.39, 0.29) is 25.7 Å². The van der Waals surface area contributed by atoms with Gasteiger partial charge in [0.15, 0.2) is 0 Å². The van der Waals surface area contributed by atoms with E-state index in [1.54, 1.807) is 0 Å². The molecule has 0 aliphatic heterocycles. The first-order valence-electron chi connectivity index (χ1n) is 4.36. The van der Waals surface area contributed by atoms with Crippen LogP contribution in [0.4, 0.5) is 13.2 Å². The van der Waals surface area contributed by atoms with Gasteiger partial charge in [-0.05, 0) is 31.8 Å². The molecule has 2 nitrogen and oxygen atoms in total. The smallest absolute Gasteiger partial charge is 0.391 e. The highest BCUT2D eigenvalue weighted by atomic mass is 19.4. The summed E-state index contributed by atoms with van der Waals surface area (Å²) in [4.78, 5) is 10.1. The summed E-state index contributed by atoms with van der Waals surface area (Å²) in [5, 5.41) is 10.1. The van der Waals surface area contributed by atoms with E-state index >= 15 is 0 Å². The summed E-state index contributed by atoms with van der Waals surface area (Å²) in [5.74, 6) is -2.60. The van der Waals surface area contributed by atoms with Crippen LogP contribution in [0.15, 0.2) is 11.6 Å². The summed E-state index contributed by atoms with van der Waals surface area (Å²) in [5.41, 5.74) is 0.547. The lowest BCUT2D eigenvalue weighted by atomic mass is 9.85. The molecule has 0 bridgehead atoms. The molecule has 14 heavy (non-hydrogen) atoms. The van der Waals surface area contributed by atoms with Crippen LogP contribution in [0.1, 0.15) is 25.7 Å². The van der Waals surface area contributed by atoms with Gasteiger partial charge in [0.25, 0.3) is 0 Å². The summed E-state index contributed by atoms with van der Waals surface area (Å²) in [6.07, 6.45) is -2.85. The van der Waals surface area contributed by atoms with Crippen LogP contribution in [0, 0.1) is 5.92 Å². The zero-order valence-corrected chi connectivity index (χ0v) is 7.43. The minimum absolute atomic E-state index is 0.0113. The third-order valence-corrected chi connectivity index (χ3v) is 2.41. The molecular formula is C9H10F3O2-. The molecule has 0 unspecified atom stereocenters. The molecule has 0 aromatic rings. The maximum Gasteiger partial charge on any atom is 0.391 e. The molecule has 0 aromatic carbocycles. The topological polar surface area (TPSA) is 40.1 Å². The van der Waals surface area contributed by atoms with Crippen molar-refractivity contribution in [3.8, 4) is 0 Å². The van der Waals surface area contributed by atoms with Crippen molar-refractivity contribution in [1.29, 1.82) is 0 Å². The molecule has 0 radical (unpaired) electrons. The number of hydrogen-bond donors (Lipinski definition) is 0. The van der Waals surface area contributed by atoms with E-state index in [4.69, 9.17) is 0 Å². The highest BCUT2D eigenvalue weighted by Crippen LogP contribution is 2.39. The molecule has 1 aliphatic carbocycles. The zero-order valence-electron chi connectivity index (χ0n) is 7.43. The van der Waals surface area contributed by atoms with Crippen molar-refractivity contribution in [3.63, 3.8) is 0 Å². The Morgan fingerprint density at radius 1 is 1.36 bits per heavy atom. The van der Waals surface area contributed by atoms with Gasteiger partial charge in [0.05, 0.1) is 11.9 Å². The Morgan fingerprint density at radius 3 is 2.21 bits per heavy atom. The second-order valence-corrected chi connectivity index (χ2v) is 3.44. The number of carbonyl (C=O) groups is 1. The average Bonchev–Trinajstić information content (AvgIpc) is 2.02. The monoisotopic (exact) mass is 207 g/mol. The Bertz CT molecular complexity index is 245. The molecule has 1 aliphatic rings. The highest BCUT2D eigenvalue weighted by molar-refractivity contribution is 5.78. The summed E-state index contributed by atoms with van der Waals surface area (Å²) in [7, 11) is 0. The highest BCUT2D eigenvalue weighted by Gasteiger charge is 2.40. The van der Waals surface area contributed by atoms with Gasteiger partial charge in [-0.1, -0.05) is 5.57 Å². The van der Waals surface area contributed by atoms with E-state index in [2.05, 4.69) is 0 Å². The molecule has 0 N–H and O–H groups in total. The normalized spacial score (nSPS) is 23.4. The number of carboxylic acids is 1. The van der Waals surface area contributed by atoms with E-state index < -0.39 is 18.1 Å². The van der Waals surface area contributed by atoms with Crippen molar-refractivity contribution in [1.82, 2.24) is 0 Å². The van der Waals surface area contributed by atoms with E-state index in [1.165, 1.54) is 0 Å². The van der Waals surface area contributed by atoms with Gasteiger partial charge in [-0.3, -0.25) is 0 Å². The SMILES string of the molecule is O=C([O-])C=C1CCC(C(F)(F)F)CC1. The molecule has 80 valence electrons. The van der Waals surface area contributed by atoms with Crippen LogP contribution in [-0.2, 0) is 4.79 Å². The first-order chi connectivity index (χ1) is 6.39. The van der Waals surface area contributed by atoms with Gasteiger partial charge in [0.2, 0.25) is 0 Å². The second-order valence-electron chi connectivity index (χ2n) is 3.44. The predicted molar refractivity (Wildman–Crippen MR) is 41.1 cm³/mol. The Labute approximate surface area is 79.4 Å². The summed E-state index contributed by atoms with van der Waals surface area (Å²) >= 11 is 0. The van der Waals surface area contributed by atoms with Crippen LogP contribution in [0.3, 0.4) is 0 Å². The first kappa shape index (κ1) is 11.1. The number of carboxylic acid groups (broad SMARTS) is 1. The van der Waals surface area contributed by atoms with Crippen molar-refractivity contribution in [2.75, 3.05) is 0 Å². The molecule has 0 heterocycles. The third-order valence-electron chi connectivity index (χ3n) is 2.41. The lowest BCUT2D eigenvalue weighted by Gasteiger charge is -2.25. The molecule has 0 aromatic heterocycles. The van der Waals surface area contributed by atoms with Gasteiger partial charge in [-0.15, -0.1) is 0 Å². The maximum absolute atomic E-state index is 12.2. The van der Waals surface area contributed by atoms with Gasteiger partial charge >= 0.3 is 6.18 Å². The van der Waals surface area contributed by atoms with Crippen LogP contribution in [0.2, 0.25) is 0 Å². The number of carbonyl (C=O) groups excluding carboxylic acids is 1. The minimum Gasteiger partial charge on any atom is -0.545 e. The van der Waals surface area contributed by atoms with E-state index in [0.717, 1.165) is 6.08 Å². The molecule has 0 spiro atoms.